The molecule has 0 fully saturated rings. The molecule has 1 atom stereocenters. The van der Waals surface area contributed by atoms with E-state index < -0.39 is 23.8 Å². The van der Waals surface area contributed by atoms with E-state index in [0.717, 1.165) is 30.7 Å². The zero-order valence-electron chi connectivity index (χ0n) is 19.6. The van der Waals surface area contributed by atoms with E-state index in [1.807, 2.05) is 16.7 Å². The van der Waals surface area contributed by atoms with Gasteiger partial charge < -0.3 is 20.1 Å². The van der Waals surface area contributed by atoms with Crippen LogP contribution in [0.5, 0.6) is 0 Å². The van der Waals surface area contributed by atoms with Gasteiger partial charge in [-0.2, -0.15) is 0 Å². The number of imidazole rings is 1. The van der Waals surface area contributed by atoms with Crippen molar-refractivity contribution < 1.29 is 24.6 Å². The normalized spacial score (nSPS) is 11.7. The molecule has 1 aromatic heterocycles. The number of carboxylic acid groups (broad SMARTS) is 2. The number of rotatable bonds is 11. The predicted octanol–water partition coefficient (Wildman–Crippen LogP) is 5.14. The van der Waals surface area contributed by atoms with Crippen molar-refractivity contribution in [1.29, 1.82) is 0 Å². The molecule has 1 heterocycles. The van der Waals surface area contributed by atoms with Crippen molar-refractivity contribution in [3.05, 3.63) is 81.9 Å². The fourth-order valence-corrected chi connectivity index (χ4v) is 4.01. The van der Waals surface area contributed by atoms with Crippen LogP contribution in [0.15, 0.2) is 48.5 Å². The van der Waals surface area contributed by atoms with E-state index in [1.54, 1.807) is 31.2 Å². The van der Waals surface area contributed by atoms with E-state index >= 15 is 0 Å². The van der Waals surface area contributed by atoms with Crippen LogP contribution in [-0.2, 0) is 24.2 Å². The lowest BCUT2D eigenvalue weighted by molar-refractivity contribution is -0.141. The molecule has 0 aliphatic carbocycles. The molecule has 1 unspecified atom stereocenters. The molecule has 3 aromatic rings. The maximum absolute atomic E-state index is 12.6. The van der Waals surface area contributed by atoms with Gasteiger partial charge in [0.05, 0.1) is 22.7 Å². The number of carbonyl (C=O) groups excluding carboxylic acids is 1. The Labute approximate surface area is 208 Å². The van der Waals surface area contributed by atoms with Crippen LogP contribution in [0.1, 0.15) is 64.5 Å². The lowest BCUT2D eigenvalue weighted by atomic mass is 10.1. The summed E-state index contributed by atoms with van der Waals surface area (Å²) in [6.07, 6.45) is 2.92. The molecular formula is C26H28ClN3O5. The maximum Gasteiger partial charge on any atom is 0.336 e. The van der Waals surface area contributed by atoms with Crippen LogP contribution in [-0.4, -0.2) is 37.6 Å². The predicted molar refractivity (Wildman–Crippen MR) is 133 cm³/mol. The van der Waals surface area contributed by atoms with Crippen molar-refractivity contribution in [3.8, 4) is 0 Å². The van der Waals surface area contributed by atoms with Gasteiger partial charge in [-0.1, -0.05) is 56.1 Å². The van der Waals surface area contributed by atoms with Gasteiger partial charge in [-0.25, -0.2) is 9.78 Å². The molecule has 35 heavy (non-hydrogen) atoms. The van der Waals surface area contributed by atoms with Crippen LogP contribution >= 0.6 is 11.6 Å². The van der Waals surface area contributed by atoms with Crippen molar-refractivity contribution in [2.45, 2.75) is 46.1 Å². The summed E-state index contributed by atoms with van der Waals surface area (Å²) in [5.41, 5.74) is 2.14. The van der Waals surface area contributed by atoms with Crippen LogP contribution in [0.25, 0.3) is 0 Å². The van der Waals surface area contributed by atoms with Crippen LogP contribution in [0.3, 0.4) is 0 Å². The average Bonchev–Trinajstić information content (AvgIpc) is 3.12. The Hall–Kier alpha value is -3.65. The molecule has 2 aromatic carbocycles. The number of nitrogens with zero attached hydrogens (tertiary/aromatic N) is 2. The van der Waals surface area contributed by atoms with E-state index in [4.69, 9.17) is 11.6 Å². The van der Waals surface area contributed by atoms with E-state index in [2.05, 4.69) is 17.2 Å². The topological polar surface area (TPSA) is 122 Å². The lowest BCUT2D eigenvalue weighted by Crippen LogP contribution is -2.17. The summed E-state index contributed by atoms with van der Waals surface area (Å²) >= 11 is 6.41. The van der Waals surface area contributed by atoms with Crippen LogP contribution in [0, 0.1) is 5.92 Å². The number of aromatic nitrogens is 2. The number of hydrogen-bond donors (Lipinski definition) is 3. The Morgan fingerprint density at radius 2 is 1.71 bits per heavy atom. The van der Waals surface area contributed by atoms with Gasteiger partial charge in [-0.15, -0.1) is 0 Å². The highest BCUT2D eigenvalue weighted by atomic mass is 35.5. The van der Waals surface area contributed by atoms with Crippen molar-refractivity contribution in [2.75, 3.05) is 5.32 Å². The highest BCUT2D eigenvalue weighted by molar-refractivity contribution is 6.30. The molecule has 0 saturated heterocycles. The highest BCUT2D eigenvalue weighted by Crippen LogP contribution is 2.24. The number of aromatic carboxylic acids is 1. The van der Waals surface area contributed by atoms with Crippen molar-refractivity contribution in [1.82, 2.24) is 9.55 Å². The second-order valence-corrected chi connectivity index (χ2v) is 8.76. The molecule has 3 rings (SSSR count). The summed E-state index contributed by atoms with van der Waals surface area (Å²) < 4.78 is 1.98. The molecule has 1 amide bonds. The van der Waals surface area contributed by atoms with Crippen molar-refractivity contribution in [3.63, 3.8) is 0 Å². The molecule has 3 N–H and O–H groups in total. The van der Waals surface area contributed by atoms with Gasteiger partial charge in [0.15, 0.2) is 5.15 Å². The van der Waals surface area contributed by atoms with E-state index in [-0.39, 0.29) is 17.5 Å². The second kappa shape index (κ2) is 11.7. The average molecular weight is 498 g/mol. The Balaban J connectivity index is 1.81. The molecule has 184 valence electrons. The van der Waals surface area contributed by atoms with Gasteiger partial charge in [-0.3, -0.25) is 9.59 Å². The summed E-state index contributed by atoms with van der Waals surface area (Å²) in [5.74, 6) is -2.37. The first-order valence-electron chi connectivity index (χ1n) is 11.4. The number of halogens is 1. The number of hydrogen-bond acceptors (Lipinski definition) is 4. The number of unbranched alkanes of at least 4 members (excludes halogenated alkanes) is 1. The Morgan fingerprint density at radius 1 is 1.06 bits per heavy atom. The summed E-state index contributed by atoms with van der Waals surface area (Å²) in [6.45, 7) is 4.18. The molecule has 0 bridgehead atoms. The molecule has 0 aliphatic rings. The number of anilines is 1. The molecule has 8 nitrogen and oxygen atoms in total. The molecule has 0 saturated carbocycles. The van der Waals surface area contributed by atoms with Crippen LogP contribution in [0.4, 0.5) is 5.69 Å². The van der Waals surface area contributed by atoms with Gasteiger partial charge in [0.25, 0.3) is 5.91 Å². The molecular weight excluding hydrogens is 470 g/mol. The molecule has 0 spiro atoms. The quantitative estimate of drug-likeness (QED) is 0.337. The summed E-state index contributed by atoms with van der Waals surface area (Å²) in [4.78, 5) is 39.9. The zero-order valence-corrected chi connectivity index (χ0v) is 20.4. The zero-order chi connectivity index (χ0) is 25.5. The van der Waals surface area contributed by atoms with Gasteiger partial charge >= 0.3 is 11.9 Å². The Morgan fingerprint density at radius 3 is 2.31 bits per heavy atom. The monoisotopic (exact) mass is 497 g/mol. The largest absolute Gasteiger partial charge is 0.481 e. The van der Waals surface area contributed by atoms with E-state index in [1.165, 1.54) is 12.1 Å². The fraction of sp³-hybridized carbons (Fsp3) is 0.308. The minimum atomic E-state index is -1.17. The molecule has 9 heteroatoms. The lowest BCUT2D eigenvalue weighted by Gasteiger charge is -2.15. The number of aliphatic carboxylic acids is 1. The highest BCUT2D eigenvalue weighted by Gasteiger charge is 2.21. The van der Waals surface area contributed by atoms with Crippen LogP contribution in [0.2, 0.25) is 5.15 Å². The number of aryl methyl sites for hydroxylation is 1. The first-order chi connectivity index (χ1) is 16.7. The first kappa shape index (κ1) is 26.0. The Bertz CT molecular complexity index is 1220. The number of nitrogens with one attached hydrogen (secondary N) is 1. The SMILES string of the molecule is CCCCc1nc(Cl)c(CC(C)C(=O)O)n1Cc1ccc(NC(=O)c2ccccc2C(=O)O)cc1. The summed E-state index contributed by atoms with van der Waals surface area (Å²) in [7, 11) is 0. The minimum Gasteiger partial charge on any atom is -0.481 e. The smallest absolute Gasteiger partial charge is 0.336 e. The number of carbonyl (C=O) groups is 3. The minimum absolute atomic E-state index is 0.0682. The Kier molecular flexibility index (Phi) is 8.65. The van der Waals surface area contributed by atoms with Crippen molar-refractivity contribution >= 4 is 35.1 Å². The first-order valence-corrected chi connectivity index (χ1v) is 11.8. The summed E-state index contributed by atoms with van der Waals surface area (Å²) in [5, 5.41) is 21.7. The second-order valence-electron chi connectivity index (χ2n) is 8.40. The third kappa shape index (κ3) is 6.48. The number of carboxylic acids is 2. The third-order valence-corrected chi connectivity index (χ3v) is 6.04. The molecule has 0 aliphatic heterocycles. The third-order valence-electron chi connectivity index (χ3n) is 5.73. The summed E-state index contributed by atoms with van der Waals surface area (Å²) in [6, 6.07) is 13.2. The number of amides is 1. The van der Waals surface area contributed by atoms with Gasteiger partial charge in [-0.05, 0) is 36.2 Å². The fourth-order valence-electron chi connectivity index (χ4n) is 3.73. The van der Waals surface area contributed by atoms with Gasteiger partial charge in [0, 0.05) is 25.1 Å². The van der Waals surface area contributed by atoms with Crippen molar-refractivity contribution in [2.24, 2.45) is 5.92 Å². The van der Waals surface area contributed by atoms with Gasteiger partial charge in [0.1, 0.15) is 5.82 Å². The van der Waals surface area contributed by atoms with E-state index in [0.29, 0.717) is 23.1 Å². The number of benzene rings is 2. The van der Waals surface area contributed by atoms with Crippen LogP contribution < -0.4 is 5.32 Å². The van der Waals surface area contributed by atoms with Gasteiger partial charge in [0.2, 0.25) is 0 Å². The van der Waals surface area contributed by atoms with E-state index in [9.17, 15) is 24.6 Å². The standard InChI is InChI=1S/C26H28ClN3O5/c1-3-4-9-22-29-23(27)21(14-16(2)25(32)33)30(22)15-17-10-12-18(13-11-17)28-24(31)19-7-5-6-8-20(19)26(34)35/h5-8,10-13,16H,3-4,9,14-15H2,1-2H3,(H,28,31)(H,32,33)(H,34,35). The molecule has 0 radical (unpaired) electrons. The maximum atomic E-state index is 12.6.